The van der Waals surface area contributed by atoms with E-state index in [-0.39, 0.29) is 11.9 Å². The normalized spacial score (nSPS) is 16.7. The van der Waals surface area contributed by atoms with Crippen molar-refractivity contribution in [1.29, 1.82) is 5.26 Å². The first-order chi connectivity index (χ1) is 10.2. The van der Waals surface area contributed by atoms with Gasteiger partial charge in [0.1, 0.15) is 0 Å². The summed E-state index contributed by atoms with van der Waals surface area (Å²) in [5.41, 5.74) is 1.25. The first kappa shape index (κ1) is 15.5. The van der Waals surface area contributed by atoms with Crippen LogP contribution in [0.5, 0.6) is 0 Å². The lowest BCUT2D eigenvalue weighted by molar-refractivity contribution is -0.121. The zero-order valence-corrected chi connectivity index (χ0v) is 12.8. The van der Waals surface area contributed by atoms with Crippen LogP contribution in [-0.4, -0.2) is 29.4 Å². The molecular formula is C17H23N3O. The molecule has 0 saturated heterocycles. The molecule has 0 spiro atoms. The summed E-state index contributed by atoms with van der Waals surface area (Å²) in [6.07, 6.45) is 4.91. The zero-order chi connectivity index (χ0) is 15.2. The Bertz CT molecular complexity index is 529. The minimum absolute atomic E-state index is 0.00107. The fourth-order valence-electron chi connectivity index (χ4n) is 3.15. The Hall–Kier alpha value is -1.86. The van der Waals surface area contributed by atoms with Crippen molar-refractivity contribution in [3.63, 3.8) is 0 Å². The van der Waals surface area contributed by atoms with Crippen LogP contribution in [-0.2, 0) is 4.79 Å². The second-order valence-electron chi connectivity index (χ2n) is 5.63. The molecule has 4 nitrogen and oxygen atoms in total. The van der Waals surface area contributed by atoms with Crippen LogP contribution in [0.25, 0.3) is 0 Å². The SMILES string of the molecule is CCN(C1CCCC1)C(C)C(=O)Nc1cccc(C#N)c1. The maximum atomic E-state index is 12.4. The molecule has 1 saturated carbocycles. The molecule has 4 heteroatoms. The molecule has 1 aromatic rings. The van der Waals surface area contributed by atoms with Crippen molar-refractivity contribution in [3.05, 3.63) is 29.8 Å². The van der Waals surface area contributed by atoms with E-state index in [1.165, 1.54) is 25.7 Å². The van der Waals surface area contributed by atoms with Gasteiger partial charge < -0.3 is 5.32 Å². The molecule has 21 heavy (non-hydrogen) atoms. The number of hydrogen-bond donors (Lipinski definition) is 1. The molecule has 0 heterocycles. The highest BCUT2D eigenvalue weighted by molar-refractivity contribution is 5.94. The zero-order valence-electron chi connectivity index (χ0n) is 12.8. The third-order valence-electron chi connectivity index (χ3n) is 4.29. The monoisotopic (exact) mass is 285 g/mol. The highest BCUT2D eigenvalue weighted by atomic mass is 16.2. The molecule has 1 amide bonds. The lowest BCUT2D eigenvalue weighted by Gasteiger charge is -2.32. The van der Waals surface area contributed by atoms with Gasteiger partial charge in [0.25, 0.3) is 0 Å². The van der Waals surface area contributed by atoms with Crippen molar-refractivity contribution < 1.29 is 4.79 Å². The topological polar surface area (TPSA) is 56.1 Å². The van der Waals surface area contributed by atoms with Crippen LogP contribution in [0.15, 0.2) is 24.3 Å². The number of nitrogens with zero attached hydrogens (tertiary/aromatic N) is 2. The number of benzene rings is 1. The first-order valence-corrected chi connectivity index (χ1v) is 7.72. The van der Waals surface area contributed by atoms with E-state index in [0.717, 1.165) is 6.54 Å². The molecule has 1 aliphatic rings. The van der Waals surface area contributed by atoms with Gasteiger partial charge in [0.15, 0.2) is 0 Å². The van der Waals surface area contributed by atoms with Crippen molar-refractivity contribution in [1.82, 2.24) is 4.90 Å². The lowest BCUT2D eigenvalue weighted by atomic mass is 10.1. The maximum absolute atomic E-state index is 12.4. The minimum Gasteiger partial charge on any atom is -0.325 e. The number of rotatable bonds is 5. The average molecular weight is 285 g/mol. The summed E-state index contributed by atoms with van der Waals surface area (Å²) in [7, 11) is 0. The van der Waals surface area contributed by atoms with Crippen LogP contribution in [0.2, 0.25) is 0 Å². The van der Waals surface area contributed by atoms with Gasteiger partial charge in [-0.2, -0.15) is 5.26 Å². The molecule has 1 unspecified atom stereocenters. The van der Waals surface area contributed by atoms with E-state index in [0.29, 0.717) is 17.3 Å². The second-order valence-corrected chi connectivity index (χ2v) is 5.63. The predicted octanol–water partition coefficient (Wildman–Crippen LogP) is 3.15. The summed E-state index contributed by atoms with van der Waals surface area (Å²) in [5.74, 6) is -0.00107. The molecule has 0 aliphatic heterocycles. The van der Waals surface area contributed by atoms with Crippen LogP contribution in [0.3, 0.4) is 0 Å². The van der Waals surface area contributed by atoms with Crippen LogP contribution < -0.4 is 5.32 Å². The van der Waals surface area contributed by atoms with Gasteiger partial charge in [0, 0.05) is 11.7 Å². The summed E-state index contributed by atoms with van der Waals surface area (Å²) in [6, 6.07) is 9.51. The first-order valence-electron chi connectivity index (χ1n) is 7.72. The standard InChI is InChI=1S/C17H23N3O/c1-3-20(16-9-4-5-10-16)13(2)17(21)19-15-8-6-7-14(11-15)12-18/h6-8,11,13,16H,3-5,9-10H2,1-2H3,(H,19,21). The highest BCUT2D eigenvalue weighted by Gasteiger charge is 2.28. The van der Waals surface area contributed by atoms with E-state index in [1.807, 2.05) is 13.0 Å². The highest BCUT2D eigenvalue weighted by Crippen LogP contribution is 2.25. The Labute approximate surface area is 126 Å². The Morgan fingerprint density at radius 1 is 1.48 bits per heavy atom. The number of nitriles is 1. The molecule has 112 valence electrons. The van der Waals surface area contributed by atoms with Gasteiger partial charge in [-0.05, 0) is 44.5 Å². The molecule has 1 atom stereocenters. The Morgan fingerprint density at radius 2 is 2.19 bits per heavy atom. The van der Waals surface area contributed by atoms with Gasteiger partial charge in [0.05, 0.1) is 17.7 Å². The lowest BCUT2D eigenvalue weighted by Crippen LogP contribution is -2.46. The summed E-state index contributed by atoms with van der Waals surface area (Å²) < 4.78 is 0. The van der Waals surface area contributed by atoms with Gasteiger partial charge in [-0.15, -0.1) is 0 Å². The summed E-state index contributed by atoms with van der Waals surface area (Å²) >= 11 is 0. The molecule has 0 aromatic heterocycles. The molecule has 1 aromatic carbocycles. The fraction of sp³-hybridized carbons (Fsp3) is 0.529. The van der Waals surface area contributed by atoms with E-state index >= 15 is 0 Å². The average Bonchev–Trinajstić information content (AvgIpc) is 3.02. The largest absolute Gasteiger partial charge is 0.325 e. The van der Waals surface area contributed by atoms with Crippen LogP contribution in [0.4, 0.5) is 5.69 Å². The molecule has 0 bridgehead atoms. The smallest absolute Gasteiger partial charge is 0.241 e. The quantitative estimate of drug-likeness (QED) is 0.904. The van der Waals surface area contributed by atoms with Crippen molar-refractivity contribution in [2.45, 2.75) is 51.6 Å². The van der Waals surface area contributed by atoms with E-state index in [9.17, 15) is 4.79 Å². The van der Waals surface area contributed by atoms with Crippen LogP contribution in [0, 0.1) is 11.3 Å². The summed E-state index contributed by atoms with van der Waals surface area (Å²) in [6.45, 7) is 4.96. The van der Waals surface area contributed by atoms with Crippen molar-refractivity contribution in [2.24, 2.45) is 0 Å². The summed E-state index contributed by atoms with van der Waals surface area (Å²) in [4.78, 5) is 14.7. The Balaban J connectivity index is 2.02. The Kier molecular flexibility index (Phi) is 5.35. The molecule has 1 fully saturated rings. The maximum Gasteiger partial charge on any atom is 0.241 e. The number of anilines is 1. The van der Waals surface area contributed by atoms with Gasteiger partial charge in [-0.3, -0.25) is 9.69 Å². The molecular weight excluding hydrogens is 262 g/mol. The number of amides is 1. The summed E-state index contributed by atoms with van der Waals surface area (Å²) in [5, 5.41) is 11.8. The van der Waals surface area contributed by atoms with Crippen LogP contribution in [0.1, 0.15) is 45.1 Å². The van der Waals surface area contributed by atoms with Gasteiger partial charge in [0.2, 0.25) is 5.91 Å². The van der Waals surface area contributed by atoms with Gasteiger partial charge in [-0.1, -0.05) is 25.8 Å². The predicted molar refractivity (Wildman–Crippen MR) is 83.9 cm³/mol. The van der Waals surface area contributed by atoms with Crippen molar-refractivity contribution in [2.75, 3.05) is 11.9 Å². The fourth-order valence-corrected chi connectivity index (χ4v) is 3.15. The third kappa shape index (κ3) is 3.83. The van der Waals surface area contributed by atoms with Gasteiger partial charge >= 0.3 is 0 Å². The number of likely N-dealkylation sites (N-methyl/N-ethyl adjacent to an activating group) is 1. The number of carbonyl (C=O) groups is 1. The van der Waals surface area contributed by atoms with E-state index < -0.39 is 0 Å². The molecule has 2 rings (SSSR count). The second kappa shape index (κ2) is 7.24. The Morgan fingerprint density at radius 3 is 2.81 bits per heavy atom. The minimum atomic E-state index is -0.149. The van der Waals surface area contributed by atoms with Gasteiger partial charge in [-0.25, -0.2) is 0 Å². The third-order valence-corrected chi connectivity index (χ3v) is 4.29. The molecule has 1 aliphatic carbocycles. The van der Waals surface area contributed by atoms with Crippen LogP contribution >= 0.6 is 0 Å². The number of hydrogen-bond acceptors (Lipinski definition) is 3. The molecule has 0 radical (unpaired) electrons. The number of carbonyl (C=O) groups excluding carboxylic acids is 1. The van der Waals surface area contributed by atoms with E-state index in [1.54, 1.807) is 18.2 Å². The number of nitrogens with one attached hydrogen (secondary N) is 1. The molecule has 1 N–H and O–H groups in total. The van der Waals surface area contributed by atoms with Crippen molar-refractivity contribution >= 4 is 11.6 Å². The van der Waals surface area contributed by atoms with E-state index in [4.69, 9.17) is 5.26 Å². The van der Waals surface area contributed by atoms with Crippen molar-refractivity contribution in [3.8, 4) is 6.07 Å². The van der Waals surface area contributed by atoms with E-state index in [2.05, 4.69) is 23.2 Å².